The van der Waals surface area contributed by atoms with Crippen molar-refractivity contribution in [3.05, 3.63) is 47.7 Å². The molecule has 0 aliphatic heterocycles. The third kappa shape index (κ3) is 4.92. The minimum atomic E-state index is -0.345. The maximum atomic E-state index is 11.8. The smallest absolute Gasteiger partial charge is 0.258 e. The number of nitrogens with zero attached hydrogens (tertiary/aromatic N) is 1. The number of benzene rings is 1. The van der Waals surface area contributed by atoms with Crippen molar-refractivity contribution >= 4 is 5.91 Å². The van der Waals surface area contributed by atoms with Crippen molar-refractivity contribution in [1.29, 1.82) is 0 Å². The van der Waals surface area contributed by atoms with Gasteiger partial charge in [0.2, 0.25) is 0 Å². The SMILES string of the molecule is Cc1cc(OCC(=O)NC(CO)Cc2ccccc2)no1. The molecule has 2 rings (SSSR count). The molecule has 21 heavy (non-hydrogen) atoms. The second-order valence-electron chi connectivity index (χ2n) is 4.70. The van der Waals surface area contributed by atoms with Gasteiger partial charge in [-0.15, -0.1) is 0 Å². The normalized spacial score (nSPS) is 11.9. The van der Waals surface area contributed by atoms with Gasteiger partial charge in [-0.1, -0.05) is 30.3 Å². The van der Waals surface area contributed by atoms with Gasteiger partial charge in [0.15, 0.2) is 6.61 Å². The number of amides is 1. The summed E-state index contributed by atoms with van der Waals surface area (Å²) in [5, 5.41) is 15.7. The molecule has 1 atom stereocenters. The second kappa shape index (κ2) is 7.44. The molecule has 0 aliphatic rings. The standard InChI is InChI=1S/C15H18N2O4/c1-11-7-15(17-21-11)20-10-14(19)16-13(9-18)8-12-5-3-2-4-6-12/h2-7,13,18H,8-10H2,1H3,(H,16,19). The molecule has 0 aliphatic carbocycles. The minimum absolute atomic E-state index is 0.135. The molecule has 112 valence electrons. The van der Waals surface area contributed by atoms with E-state index in [4.69, 9.17) is 9.26 Å². The highest BCUT2D eigenvalue weighted by Crippen LogP contribution is 2.09. The summed E-state index contributed by atoms with van der Waals surface area (Å²) in [5.74, 6) is 0.569. The largest absolute Gasteiger partial charge is 0.465 e. The minimum Gasteiger partial charge on any atom is -0.465 e. The summed E-state index contributed by atoms with van der Waals surface area (Å²) in [6, 6.07) is 10.9. The van der Waals surface area contributed by atoms with E-state index < -0.39 is 0 Å². The van der Waals surface area contributed by atoms with Crippen molar-refractivity contribution < 1.29 is 19.2 Å². The fourth-order valence-corrected chi connectivity index (χ4v) is 1.88. The van der Waals surface area contributed by atoms with Crippen molar-refractivity contribution in [1.82, 2.24) is 10.5 Å². The zero-order valence-electron chi connectivity index (χ0n) is 11.8. The molecule has 0 fully saturated rings. The second-order valence-corrected chi connectivity index (χ2v) is 4.70. The van der Waals surface area contributed by atoms with Gasteiger partial charge in [0.25, 0.3) is 11.8 Å². The van der Waals surface area contributed by atoms with Gasteiger partial charge >= 0.3 is 0 Å². The lowest BCUT2D eigenvalue weighted by Gasteiger charge is -2.16. The highest BCUT2D eigenvalue weighted by atomic mass is 16.5. The molecule has 1 amide bonds. The third-order valence-corrected chi connectivity index (χ3v) is 2.87. The molecule has 1 aromatic carbocycles. The lowest BCUT2D eigenvalue weighted by atomic mass is 10.1. The number of aliphatic hydroxyl groups is 1. The molecule has 0 bridgehead atoms. The molecule has 1 unspecified atom stereocenters. The van der Waals surface area contributed by atoms with Crippen LogP contribution < -0.4 is 10.1 Å². The Bertz CT molecular complexity index is 568. The lowest BCUT2D eigenvalue weighted by molar-refractivity contribution is -0.124. The van der Waals surface area contributed by atoms with Gasteiger partial charge in [0.05, 0.1) is 12.6 Å². The molecule has 0 saturated heterocycles. The summed E-state index contributed by atoms with van der Waals surface area (Å²) < 4.78 is 10.0. The van der Waals surface area contributed by atoms with Crippen molar-refractivity contribution in [2.75, 3.05) is 13.2 Å². The summed E-state index contributed by atoms with van der Waals surface area (Å²) in [6.07, 6.45) is 0.562. The molecule has 1 aromatic heterocycles. The number of aliphatic hydroxyl groups excluding tert-OH is 1. The molecule has 0 saturated carbocycles. The first-order chi connectivity index (χ1) is 10.2. The van der Waals surface area contributed by atoms with E-state index in [0.717, 1.165) is 5.56 Å². The van der Waals surface area contributed by atoms with Crippen LogP contribution in [-0.2, 0) is 11.2 Å². The highest BCUT2D eigenvalue weighted by Gasteiger charge is 2.13. The van der Waals surface area contributed by atoms with Crippen LogP contribution in [-0.4, -0.2) is 35.4 Å². The first-order valence-corrected chi connectivity index (χ1v) is 6.67. The number of nitrogens with one attached hydrogen (secondary N) is 1. The molecule has 6 nitrogen and oxygen atoms in total. The van der Waals surface area contributed by atoms with Gasteiger partial charge in [-0.3, -0.25) is 4.79 Å². The Kier molecular flexibility index (Phi) is 5.34. The number of hydrogen-bond donors (Lipinski definition) is 2. The van der Waals surface area contributed by atoms with Crippen LogP contribution in [0.5, 0.6) is 5.88 Å². The van der Waals surface area contributed by atoms with E-state index >= 15 is 0 Å². The van der Waals surface area contributed by atoms with Gasteiger partial charge in [-0.2, -0.15) is 0 Å². The Labute approximate surface area is 122 Å². The summed E-state index contributed by atoms with van der Waals surface area (Å²) in [4.78, 5) is 11.8. The lowest BCUT2D eigenvalue weighted by Crippen LogP contribution is -2.41. The van der Waals surface area contributed by atoms with Crippen molar-refractivity contribution in [3.63, 3.8) is 0 Å². The fraction of sp³-hybridized carbons (Fsp3) is 0.333. The monoisotopic (exact) mass is 290 g/mol. The van der Waals surface area contributed by atoms with E-state index in [-0.39, 0.29) is 31.0 Å². The zero-order chi connectivity index (χ0) is 15.1. The number of aromatic nitrogens is 1. The predicted molar refractivity (Wildman–Crippen MR) is 75.9 cm³/mol. The topological polar surface area (TPSA) is 84.6 Å². The van der Waals surface area contributed by atoms with Crippen LogP contribution in [0.25, 0.3) is 0 Å². The van der Waals surface area contributed by atoms with Gasteiger partial charge in [0, 0.05) is 6.07 Å². The van der Waals surface area contributed by atoms with Crippen LogP contribution in [0.15, 0.2) is 40.9 Å². The quantitative estimate of drug-likeness (QED) is 0.797. The van der Waals surface area contributed by atoms with Crippen molar-refractivity contribution in [2.45, 2.75) is 19.4 Å². The maximum Gasteiger partial charge on any atom is 0.258 e. The molecule has 2 aromatic rings. The van der Waals surface area contributed by atoms with Gasteiger partial charge in [-0.05, 0) is 24.1 Å². The molecule has 2 N–H and O–H groups in total. The molecular weight excluding hydrogens is 272 g/mol. The predicted octanol–water partition coefficient (Wildman–Crippen LogP) is 1.08. The highest BCUT2D eigenvalue weighted by molar-refractivity contribution is 5.77. The summed E-state index contributed by atoms with van der Waals surface area (Å²) >= 11 is 0. The average molecular weight is 290 g/mol. The Morgan fingerprint density at radius 1 is 1.43 bits per heavy atom. The molecule has 0 radical (unpaired) electrons. The Hall–Kier alpha value is -2.34. The van der Waals surface area contributed by atoms with Crippen LogP contribution >= 0.6 is 0 Å². The first-order valence-electron chi connectivity index (χ1n) is 6.67. The van der Waals surface area contributed by atoms with Crippen LogP contribution in [0, 0.1) is 6.92 Å². The molecule has 0 spiro atoms. The Balaban J connectivity index is 1.79. The summed E-state index contributed by atoms with van der Waals surface area (Å²) in [5.41, 5.74) is 1.05. The number of rotatable bonds is 7. The van der Waals surface area contributed by atoms with E-state index in [1.165, 1.54) is 0 Å². The summed E-state index contributed by atoms with van der Waals surface area (Å²) in [7, 11) is 0. The third-order valence-electron chi connectivity index (χ3n) is 2.87. The van der Waals surface area contributed by atoms with E-state index in [9.17, 15) is 9.90 Å². The molecular formula is C15H18N2O4. The zero-order valence-corrected chi connectivity index (χ0v) is 11.8. The van der Waals surface area contributed by atoms with E-state index in [2.05, 4.69) is 10.5 Å². The Morgan fingerprint density at radius 2 is 2.19 bits per heavy atom. The molecule has 1 heterocycles. The van der Waals surface area contributed by atoms with Gasteiger partial charge < -0.3 is 19.7 Å². The van der Waals surface area contributed by atoms with Crippen LogP contribution in [0.2, 0.25) is 0 Å². The number of hydrogen-bond acceptors (Lipinski definition) is 5. The summed E-state index contributed by atoms with van der Waals surface area (Å²) in [6.45, 7) is 1.43. The van der Waals surface area contributed by atoms with E-state index in [0.29, 0.717) is 12.2 Å². The number of carbonyl (C=O) groups is 1. The van der Waals surface area contributed by atoms with Crippen molar-refractivity contribution in [2.24, 2.45) is 0 Å². The fourth-order valence-electron chi connectivity index (χ4n) is 1.88. The van der Waals surface area contributed by atoms with Gasteiger partial charge in [0.1, 0.15) is 5.76 Å². The van der Waals surface area contributed by atoms with Crippen LogP contribution in [0.3, 0.4) is 0 Å². The van der Waals surface area contributed by atoms with E-state index in [1.807, 2.05) is 30.3 Å². The average Bonchev–Trinajstić information content (AvgIpc) is 2.91. The number of carbonyl (C=O) groups excluding carboxylic acids is 1. The molecule has 6 heteroatoms. The van der Waals surface area contributed by atoms with Gasteiger partial charge in [-0.25, -0.2) is 0 Å². The van der Waals surface area contributed by atoms with Crippen LogP contribution in [0.1, 0.15) is 11.3 Å². The van der Waals surface area contributed by atoms with Crippen molar-refractivity contribution in [3.8, 4) is 5.88 Å². The number of aryl methyl sites for hydroxylation is 1. The first kappa shape index (κ1) is 15.1. The van der Waals surface area contributed by atoms with Crippen LogP contribution in [0.4, 0.5) is 0 Å². The maximum absolute atomic E-state index is 11.8. The van der Waals surface area contributed by atoms with E-state index in [1.54, 1.807) is 13.0 Å². The number of ether oxygens (including phenoxy) is 1. The Morgan fingerprint density at radius 3 is 2.81 bits per heavy atom.